The topological polar surface area (TPSA) is 66.4 Å². The van der Waals surface area contributed by atoms with Crippen molar-refractivity contribution in [3.05, 3.63) is 35.4 Å². The number of rotatable bonds is 3. The van der Waals surface area contributed by atoms with E-state index in [1.807, 2.05) is 18.2 Å². The van der Waals surface area contributed by atoms with Gasteiger partial charge < -0.3 is 28.8 Å². The minimum absolute atomic E-state index is 0.0624. The van der Waals surface area contributed by atoms with Gasteiger partial charge in [-0.05, 0) is 18.2 Å². The Kier molecular flexibility index (Phi) is 3.33. The smallest absolute Gasteiger partial charge is 0.231 e. The summed E-state index contributed by atoms with van der Waals surface area (Å²) >= 11 is 0. The van der Waals surface area contributed by atoms with Crippen LogP contribution in [-0.4, -0.2) is 26.1 Å². The van der Waals surface area contributed by atoms with E-state index in [-0.39, 0.29) is 24.6 Å². The Morgan fingerprint density at radius 3 is 2.54 bits per heavy atom. The van der Waals surface area contributed by atoms with Gasteiger partial charge >= 0.3 is 0 Å². The van der Waals surface area contributed by atoms with Crippen molar-refractivity contribution in [1.29, 1.82) is 0 Å². The quantitative estimate of drug-likeness (QED) is 0.931. The fourth-order valence-corrected chi connectivity index (χ4v) is 3.26. The molecule has 0 radical (unpaired) electrons. The van der Waals surface area contributed by atoms with Crippen LogP contribution in [0.1, 0.15) is 30.1 Å². The van der Waals surface area contributed by atoms with E-state index in [0.29, 0.717) is 28.7 Å². The highest BCUT2D eigenvalue weighted by atomic mass is 16.7. The minimum atomic E-state index is -0.213. The van der Waals surface area contributed by atoms with E-state index in [9.17, 15) is 5.11 Å². The number of phenolic OH excluding ortho intramolecular Hbond substituents is 1. The SMILES string of the molecule is COc1cc2c(cc1O)OC(c1cc(OC)c3c(c1)OCO3)C2C. The molecule has 2 heterocycles. The molecule has 24 heavy (non-hydrogen) atoms. The van der Waals surface area contributed by atoms with Crippen LogP contribution in [0.2, 0.25) is 0 Å². The molecule has 4 rings (SSSR count). The molecule has 6 heteroatoms. The van der Waals surface area contributed by atoms with Crippen LogP contribution in [0.15, 0.2) is 24.3 Å². The van der Waals surface area contributed by atoms with Gasteiger partial charge in [-0.15, -0.1) is 0 Å². The molecule has 6 nitrogen and oxygen atoms in total. The predicted molar refractivity (Wildman–Crippen MR) is 85.6 cm³/mol. The number of benzene rings is 2. The molecule has 0 aliphatic carbocycles. The summed E-state index contributed by atoms with van der Waals surface area (Å²) in [4.78, 5) is 0. The lowest BCUT2D eigenvalue weighted by Crippen LogP contribution is -2.07. The molecule has 0 amide bonds. The lowest BCUT2D eigenvalue weighted by Gasteiger charge is -2.17. The van der Waals surface area contributed by atoms with E-state index in [2.05, 4.69) is 6.92 Å². The summed E-state index contributed by atoms with van der Waals surface area (Å²) in [5, 5.41) is 9.97. The molecule has 2 aromatic rings. The lowest BCUT2D eigenvalue weighted by molar-refractivity contribution is 0.171. The number of methoxy groups -OCH3 is 2. The van der Waals surface area contributed by atoms with Crippen molar-refractivity contribution in [2.75, 3.05) is 21.0 Å². The predicted octanol–water partition coefficient (Wildman–Crippen LogP) is 3.38. The molecule has 0 spiro atoms. The van der Waals surface area contributed by atoms with Crippen molar-refractivity contribution in [3.8, 4) is 34.5 Å². The van der Waals surface area contributed by atoms with E-state index in [1.165, 1.54) is 7.11 Å². The van der Waals surface area contributed by atoms with E-state index in [0.717, 1.165) is 11.1 Å². The van der Waals surface area contributed by atoms with Gasteiger partial charge in [-0.25, -0.2) is 0 Å². The molecule has 0 saturated carbocycles. The number of ether oxygens (including phenoxy) is 5. The van der Waals surface area contributed by atoms with Crippen LogP contribution in [0, 0.1) is 0 Å². The highest BCUT2D eigenvalue weighted by Crippen LogP contribution is 2.52. The molecule has 0 bridgehead atoms. The molecule has 2 aliphatic rings. The summed E-state index contributed by atoms with van der Waals surface area (Å²) in [5.41, 5.74) is 1.92. The van der Waals surface area contributed by atoms with Crippen LogP contribution >= 0.6 is 0 Å². The minimum Gasteiger partial charge on any atom is -0.504 e. The van der Waals surface area contributed by atoms with E-state index in [4.69, 9.17) is 23.7 Å². The fraction of sp³-hybridized carbons (Fsp3) is 0.333. The Morgan fingerprint density at radius 1 is 1.00 bits per heavy atom. The third-order valence-corrected chi connectivity index (χ3v) is 4.52. The van der Waals surface area contributed by atoms with Crippen LogP contribution in [0.3, 0.4) is 0 Å². The molecule has 1 N–H and O–H groups in total. The molecular weight excluding hydrogens is 312 g/mol. The Balaban J connectivity index is 1.74. The largest absolute Gasteiger partial charge is 0.504 e. The number of phenols is 1. The first-order valence-electron chi connectivity index (χ1n) is 7.67. The Labute approximate surface area is 139 Å². The van der Waals surface area contributed by atoms with Gasteiger partial charge in [0.2, 0.25) is 12.5 Å². The van der Waals surface area contributed by atoms with Crippen molar-refractivity contribution < 1.29 is 28.8 Å². The van der Waals surface area contributed by atoms with Crippen molar-refractivity contribution in [1.82, 2.24) is 0 Å². The van der Waals surface area contributed by atoms with Crippen molar-refractivity contribution in [2.24, 2.45) is 0 Å². The third-order valence-electron chi connectivity index (χ3n) is 4.52. The summed E-state index contributed by atoms with van der Waals surface area (Å²) in [5.74, 6) is 3.12. The van der Waals surface area contributed by atoms with Crippen molar-refractivity contribution >= 4 is 0 Å². The molecule has 0 aromatic heterocycles. The second-order valence-corrected chi connectivity index (χ2v) is 5.85. The first-order chi connectivity index (χ1) is 11.6. The van der Waals surface area contributed by atoms with Crippen LogP contribution in [0.25, 0.3) is 0 Å². The van der Waals surface area contributed by atoms with Gasteiger partial charge in [-0.1, -0.05) is 6.92 Å². The van der Waals surface area contributed by atoms with E-state index >= 15 is 0 Å². The van der Waals surface area contributed by atoms with Crippen molar-refractivity contribution in [3.63, 3.8) is 0 Å². The van der Waals surface area contributed by atoms with Gasteiger partial charge in [-0.2, -0.15) is 0 Å². The standard InChI is InChI=1S/C18H18O6/c1-9-11-6-14(20-2)12(19)7-13(11)24-17(9)10-4-15(21-3)18-16(5-10)22-8-23-18/h4-7,9,17,19H,8H2,1-3H3. The van der Waals surface area contributed by atoms with Gasteiger partial charge in [0.25, 0.3) is 0 Å². The molecular formula is C18H18O6. The highest BCUT2D eigenvalue weighted by molar-refractivity contribution is 5.58. The number of hydrogen-bond acceptors (Lipinski definition) is 6. The summed E-state index contributed by atoms with van der Waals surface area (Å²) in [6.45, 7) is 2.26. The summed E-state index contributed by atoms with van der Waals surface area (Å²) in [7, 11) is 3.12. The third kappa shape index (κ3) is 2.10. The number of fused-ring (bicyclic) bond motifs is 2. The number of hydrogen-bond donors (Lipinski definition) is 1. The molecule has 0 saturated heterocycles. The maximum Gasteiger partial charge on any atom is 0.231 e. The Morgan fingerprint density at radius 2 is 1.79 bits per heavy atom. The molecule has 2 unspecified atom stereocenters. The Bertz CT molecular complexity index is 801. The van der Waals surface area contributed by atoms with Crippen LogP contribution in [-0.2, 0) is 0 Å². The summed E-state index contributed by atoms with van der Waals surface area (Å²) in [6, 6.07) is 7.22. The average Bonchev–Trinajstić information content (AvgIpc) is 3.17. The zero-order valence-corrected chi connectivity index (χ0v) is 13.7. The van der Waals surface area contributed by atoms with Crippen LogP contribution < -0.4 is 23.7 Å². The normalized spacial score (nSPS) is 20.5. The second-order valence-electron chi connectivity index (χ2n) is 5.85. The number of aromatic hydroxyl groups is 1. The molecule has 0 fully saturated rings. The lowest BCUT2D eigenvalue weighted by atomic mass is 9.92. The van der Waals surface area contributed by atoms with Crippen molar-refractivity contribution in [2.45, 2.75) is 18.9 Å². The zero-order chi connectivity index (χ0) is 16.8. The molecule has 2 aliphatic heterocycles. The zero-order valence-electron chi connectivity index (χ0n) is 13.7. The molecule has 2 aromatic carbocycles. The first-order valence-corrected chi connectivity index (χ1v) is 7.67. The van der Waals surface area contributed by atoms with Crippen LogP contribution in [0.5, 0.6) is 34.5 Å². The monoisotopic (exact) mass is 330 g/mol. The van der Waals surface area contributed by atoms with Gasteiger partial charge in [-0.3, -0.25) is 0 Å². The maximum atomic E-state index is 9.97. The summed E-state index contributed by atoms with van der Waals surface area (Å²) < 4.78 is 27.6. The molecule has 2 atom stereocenters. The Hall–Kier alpha value is -2.76. The van der Waals surface area contributed by atoms with E-state index < -0.39 is 0 Å². The van der Waals surface area contributed by atoms with Gasteiger partial charge in [0.15, 0.2) is 23.0 Å². The van der Waals surface area contributed by atoms with Gasteiger partial charge in [0.1, 0.15) is 11.9 Å². The fourth-order valence-electron chi connectivity index (χ4n) is 3.26. The maximum absolute atomic E-state index is 9.97. The van der Waals surface area contributed by atoms with Crippen LogP contribution in [0.4, 0.5) is 0 Å². The van der Waals surface area contributed by atoms with Gasteiger partial charge in [0, 0.05) is 23.1 Å². The van der Waals surface area contributed by atoms with E-state index in [1.54, 1.807) is 13.2 Å². The first kappa shape index (κ1) is 14.8. The highest BCUT2D eigenvalue weighted by Gasteiger charge is 2.35. The second kappa shape index (κ2) is 5.40. The summed E-state index contributed by atoms with van der Waals surface area (Å²) in [6.07, 6.45) is -0.213. The molecule has 126 valence electrons. The average molecular weight is 330 g/mol. The van der Waals surface area contributed by atoms with Gasteiger partial charge in [0.05, 0.1) is 14.2 Å².